The lowest BCUT2D eigenvalue weighted by atomic mass is 9.73. The highest BCUT2D eigenvalue weighted by atomic mass is 16.3. The fourth-order valence-corrected chi connectivity index (χ4v) is 5.26. The molecule has 3 aliphatic heterocycles. The van der Waals surface area contributed by atoms with Crippen LogP contribution in [0.2, 0.25) is 0 Å². The summed E-state index contributed by atoms with van der Waals surface area (Å²) < 4.78 is 1.90. The number of carbonyl (C=O) groups excluding carboxylic acids is 1. The van der Waals surface area contributed by atoms with Crippen molar-refractivity contribution in [3.63, 3.8) is 0 Å². The molecule has 23 heavy (non-hydrogen) atoms. The number of allylic oxidation sites excluding steroid dienone is 1. The number of aliphatic hydroxyl groups excluding tert-OH is 1. The van der Waals surface area contributed by atoms with E-state index in [2.05, 4.69) is 24.0 Å². The molecule has 1 aromatic carbocycles. The van der Waals surface area contributed by atoms with Crippen LogP contribution in [0.1, 0.15) is 29.4 Å². The first-order valence-electron chi connectivity index (χ1n) is 8.39. The predicted molar refractivity (Wildman–Crippen MR) is 88.5 cm³/mol. The van der Waals surface area contributed by atoms with Crippen molar-refractivity contribution < 1.29 is 9.90 Å². The zero-order valence-electron chi connectivity index (χ0n) is 13.2. The molecule has 0 saturated carbocycles. The van der Waals surface area contributed by atoms with Gasteiger partial charge < -0.3 is 5.11 Å². The van der Waals surface area contributed by atoms with Gasteiger partial charge in [0.05, 0.1) is 23.4 Å². The molecule has 1 saturated heterocycles. The molecule has 0 amide bonds. The molecule has 0 radical (unpaired) electrons. The first-order valence-corrected chi connectivity index (χ1v) is 8.39. The summed E-state index contributed by atoms with van der Waals surface area (Å²) in [7, 11) is 0. The van der Waals surface area contributed by atoms with Crippen molar-refractivity contribution in [1.82, 2.24) is 9.47 Å². The number of fused-ring (bicyclic) bond motifs is 3. The Kier molecular flexibility index (Phi) is 2.55. The second-order valence-electron chi connectivity index (χ2n) is 6.95. The van der Waals surface area contributed by atoms with Crippen LogP contribution in [0.25, 0.3) is 10.9 Å². The molecule has 1 N–H and O–H groups in total. The fourth-order valence-electron chi connectivity index (χ4n) is 5.26. The second-order valence-corrected chi connectivity index (χ2v) is 6.95. The van der Waals surface area contributed by atoms with Gasteiger partial charge in [-0.2, -0.15) is 0 Å². The molecule has 0 spiro atoms. The zero-order valence-corrected chi connectivity index (χ0v) is 13.2. The molecule has 0 bridgehead atoms. The van der Waals surface area contributed by atoms with E-state index in [9.17, 15) is 9.90 Å². The van der Waals surface area contributed by atoms with Crippen molar-refractivity contribution >= 4 is 16.8 Å². The van der Waals surface area contributed by atoms with E-state index in [0.29, 0.717) is 6.42 Å². The van der Waals surface area contributed by atoms with Gasteiger partial charge in [0.25, 0.3) is 0 Å². The van der Waals surface area contributed by atoms with Crippen molar-refractivity contribution in [1.29, 1.82) is 0 Å². The summed E-state index contributed by atoms with van der Waals surface area (Å²) in [6, 6.07) is 8.18. The Labute approximate surface area is 135 Å². The highest BCUT2D eigenvalue weighted by Gasteiger charge is 2.59. The van der Waals surface area contributed by atoms with Gasteiger partial charge >= 0.3 is 0 Å². The molecule has 5 rings (SSSR count). The molecule has 118 valence electrons. The normalized spacial score (nSPS) is 31.1. The van der Waals surface area contributed by atoms with Gasteiger partial charge in [-0.05, 0) is 25.0 Å². The van der Waals surface area contributed by atoms with Crippen LogP contribution in [0.3, 0.4) is 0 Å². The van der Waals surface area contributed by atoms with Crippen LogP contribution < -0.4 is 0 Å². The Bertz CT molecular complexity index is 879. The number of nitrogens with zero attached hydrogens (tertiary/aromatic N) is 2. The van der Waals surface area contributed by atoms with E-state index in [1.165, 1.54) is 16.5 Å². The predicted octanol–water partition coefficient (Wildman–Crippen LogP) is 2.31. The van der Waals surface area contributed by atoms with Crippen LogP contribution in [0.15, 0.2) is 35.9 Å². The molecule has 2 atom stereocenters. The van der Waals surface area contributed by atoms with E-state index in [0.717, 1.165) is 30.7 Å². The SMILES string of the molecule is C/C=C1/CN2CCc3c4n(c5ccccc35)C(=O)C[C@@H]1[C@]42CO. The number of benzene rings is 1. The van der Waals surface area contributed by atoms with E-state index < -0.39 is 5.54 Å². The molecule has 1 fully saturated rings. The second kappa shape index (κ2) is 4.34. The summed E-state index contributed by atoms with van der Waals surface area (Å²) in [6.07, 6.45) is 3.58. The van der Waals surface area contributed by atoms with Crippen molar-refractivity contribution in [3.8, 4) is 0 Å². The maximum atomic E-state index is 12.9. The molecule has 4 heterocycles. The molecule has 1 aromatic heterocycles. The maximum absolute atomic E-state index is 12.9. The minimum absolute atomic E-state index is 0.0750. The molecular formula is C19H20N2O2. The summed E-state index contributed by atoms with van der Waals surface area (Å²) in [4.78, 5) is 15.3. The molecule has 4 heteroatoms. The Morgan fingerprint density at radius 1 is 1.39 bits per heavy atom. The number of rotatable bonds is 1. The standard InChI is InChI=1S/C19H20N2O2/c1-2-12-10-20-8-7-14-13-5-3-4-6-16(13)21-17(23)9-15(12)19(20,11-22)18(14)21/h2-6,15,22H,7-11H2,1H3/b12-2-/t15-,19+/m0/s1. The van der Waals surface area contributed by atoms with Gasteiger partial charge in [0.1, 0.15) is 0 Å². The summed E-state index contributed by atoms with van der Waals surface area (Å²) in [5.41, 5.74) is 4.22. The van der Waals surface area contributed by atoms with E-state index >= 15 is 0 Å². The minimum atomic E-state index is -0.414. The van der Waals surface area contributed by atoms with Crippen LogP contribution in [0, 0.1) is 5.92 Å². The Balaban J connectivity index is 1.94. The Hall–Kier alpha value is -1.91. The number of carbonyl (C=O) groups is 1. The zero-order chi connectivity index (χ0) is 15.8. The quantitative estimate of drug-likeness (QED) is 0.822. The average molecular weight is 308 g/mol. The first kappa shape index (κ1) is 13.5. The summed E-state index contributed by atoms with van der Waals surface area (Å²) in [5.74, 6) is 0.278. The lowest BCUT2D eigenvalue weighted by Gasteiger charge is -2.47. The fraction of sp³-hybridized carbons (Fsp3) is 0.421. The minimum Gasteiger partial charge on any atom is -0.394 e. The lowest BCUT2D eigenvalue weighted by Crippen LogP contribution is -2.56. The first-order chi connectivity index (χ1) is 11.2. The van der Waals surface area contributed by atoms with Crippen LogP contribution in [-0.4, -0.2) is 40.2 Å². The monoisotopic (exact) mass is 308 g/mol. The maximum Gasteiger partial charge on any atom is 0.232 e. The third-order valence-corrected chi connectivity index (χ3v) is 6.22. The Morgan fingerprint density at radius 2 is 2.22 bits per heavy atom. The molecule has 2 aromatic rings. The summed E-state index contributed by atoms with van der Waals surface area (Å²) in [6.45, 7) is 3.94. The van der Waals surface area contributed by atoms with E-state index in [1.54, 1.807) is 0 Å². The summed E-state index contributed by atoms with van der Waals surface area (Å²) >= 11 is 0. The van der Waals surface area contributed by atoms with E-state index in [4.69, 9.17) is 0 Å². The lowest BCUT2D eigenvalue weighted by molar-refractivity contribution is 0.00670. The number of para-hydroxylation sites is 1. The van der Waals surface area contributed by atoms with Gasteiger partial charge in [0.2, 0.25) is 5.91 Å². The van der Waals surface area contributed by atoms with Crippen LogP contribution in [-0.2, 0) is 12.0 Å². The Morgan fingerprint density at radius 3 is 3.00 bits per heavy atom. The van der Waals surface area contributed by atoms with Crippen molar-refractivity contribution in [3.05, 3.63) is 47.2 Å². The molecule has 0 aliphatic carbocycles. The molecule has 0 unspecified atom stereocenters. The van der Waals surface area contributed by atoms with Crippen molar-refractivity contribution in [2.45, 2.75) is 25.3 Å². The number of hydrogen-bond donors (Lipinski definition) is 1. The van der Waals surface area contributed by atoms with Gasteiger partial charge in [0.15, 0.2) is 0 Å². The largest absolute Gasteiger partial charge is 0.394 e. The van der Waals surface area contributed by atoms with Gasteiger partial charge in [-0.15, -0.1) is 0 Å². The highest BCUT2D eigenvalue weighted by molar-refractivity contribution is 5.98. The van der Waals surface area contributed by atoms with Crippen LogP contribution in [0.5, 0.6) is 0 Å². The third-order valence-electron chi connectivity index (χ3n) is 6.22. The molecular weight excluding hydrogens is 288 g/mol. The number of aliphatic hydroxyl groups is 1. The van der Waals surface area contributed by atoms with Gasteiger partial charge in [-0.3, -0.25) is 14.3 Å². The molecule has 3 aliphatic rings. The number of hydrogen-bond acceptors (Lipinski definition) is 3. The van der Waals surface area contributed by atoms with Gasteiger partial charge in [-0.1, -0.05) is 29.8 Å². The van der Waals surface area contributed by atoms with Crippen LogP contribution >= 0.6 is 0 Å². The van der Waals surface area contributed by atoms with Gasteiger partial charge in [-0.25, -0.2) is 0 Å². The average Bonchev–Trinajstić information content (AvgIpc) is 3.08. The number of aromatic nitrogens is 1. The van der Waals surface area contributed by atoms with Crippen molar-refractivity contribution in [2.75, 3.05) is 19.7 Å². The molecule has 4 nitrogen and oxygen atoms in total. The smallest absolute Gasteiger partial charge is 0.232 e. The van der Waals surface area contributed by atoms with Gasteiger partial charge in [0, 0.05) is 30.8 Å². The van der Waals surface area contributed by atoms with Crippen LogP contribution in [0.4, 0.5) is 0 Å². The third kappa shape index (κ3) is 1.38. The van der Waals surface area contributed by atoms with E-state index in [-0.39, 0.29) is 18.4 Å². The highest BCUT2D eigenvalue weighted by Crippen LogP contribution is 2.55. The van der Waals surface area contributed by atoms with E-state index in [1.807, 2.05) is 22.8 Å². The summed E-state index contributed by atoms with van der Waals surface area (Å²) in [5, 5.41) is 11.6. The topological polar surface area (TPSA) is 45.5 Å². The van der Waals surface area contributed by atoms with Crippen molar-refractivity contribution in [2.24, 2.45) is 5.92 Å².